The number of amides is 1. The molecule has 0 spiro atoms. The Morgan fingerprint density at radius 3 is 2.30 bits per heavy atom. The molecule has 5 heteroatoms. The molecule has 0 aliphatic rings. The summed E-state index contributed by atoms with van der Waals surface area (Å²) in [6.45, 7) is 0. The molecule has 0 saturated heterocycles. The summed E-state index contributed by atoms with van der Waals surface area (Å²) >= 11 is 7.52. The maximum absolute atomic E-state index is 11.8. The van der Waals surface area contributed by atoms with Gasteiger partial charge in [-0.3, -0.25) is 4.79 Å². The lowest BCUT2D eigenvalue weighted by Crippen LogP contribution is -2.51. The van der Waals surface area contributed by atoms with Crippen LogP contribution in [0.3, 0.4) is 0 Å². The van der Waals surface area contributed by atoms with Crippen LogP contribution in [-0.4, -0.2) is 11.7 Å². The van der Waals surface area contributed by atoms with Gasteiger partial charge in [-0.05, 0) is 17.7 Å². The molecule has 2 aromatic carbocycles. The van der Waals surface area contributed by atoms with Gasteiger partial charge < -0.3 is 11.5 Å². The van der Waals surface area contributed by atoms with Crippen molar-refractivity contribution < 1.29 is 4.79 Å². The van der Waals surface area contributed by atoms with E-state index >= 15 is 0 Å². The smallest absolute Gasteiger partial charge is 0.243 e. The fraction of sp³-hybridized carbons (Fsp3) is 0.133. The van der Waals surface area contributed by atoms with E-state index in [2.05, 4.69) is 0 Å². The molecule has 3 nitrogen and oxygen atoms in total. The molecule has 4 N–H and O–H groups in total. The van der Waals surface area contributed by atoms with Crippen LogP contribution in [0, 0.1) is 0 Å². The monoisotopic (exact) mass is 306 g/mol. The van der Waals surface area contributed by atoms with E-state index in [1.807, 2.05) is 36.4 Å². The van der Waals surface area contributed by atoms with Crippen LogP contribution in [0.25, 0.3) is 0 Å². The van der Waals surface area contributed by atoms with E-state index in [0.717, 1.165) is 4.90 Å². The zero-order valence-electron chi connectivity index (χ0n) is 10.8. The molecule has 0 aliphatic heterocycles. The van der Waals surface area contributed by atoms with Crippen molar-refractivity contribution in [3.05, 3.63) is 65.2 Å². The molecule has 0 fully saturated rings. The Kier molecular flexibility index (Phi) is 4.70. The highest BCUT2D eigenvalue weighted by Crippen LogP contribution is 2.31. The molecule has 0 heterocycles. The van der Waals surface area contributed by atoms with Crippen molar-refractivity contribution in [2.75, 3.05) is 5.75 Å². The highest BCUT2D eigenvalue weighted by molar-refractivity contribution is 7.99. The highest BCUT2D eigenvalue weighted by atomic mass is 35.5. The normalized spacial score (nSPS) is 13.7. The number of hydrogen-bond donors (Lipinski definition) is 2. The van der Waals surface area contributed by atoms with Crippen molar-refractivity contribution in [1.29, 1.82) is 0 Å². The first-order valence-corrected chi connectivity index (χ1v) is 7.42. The number of halogens is 1. The van der Waals surface area contributed by atoms with E-state index in [9.17, 15) is 4.79 Å². The maximum Gasteiger partial charge on any atom is 0.243 e. The van der Waals surface area contributed by atoms with Gasteiger partial charge in [0.25, 0.3) is 0 Å². The summed E-state index contributed by atoms with van der Waals surface area (Å²) in [5, 5.41) is 0.636. The summed E-state index contributed by atoms with van der Waals surface area (Å²) in [6.07, 6.45) is 0. The summed E-state index contributed by atoms with van der Waals surface area (Å²) in [6, 6.07) is 16.6. The van der Waals surface area contributed by atoms with Gasteiger partial charge in [0.2, 0.25) is 5.91 Å². The zero-order chi connectivity index (χ0) is 14.6. The van der Waals surface area contributed by atoms with E-state index in [1.165, 1.54) is 11.8 Å². The molecule has 104 valence electrons. The first-order valence-electron chi connectivity index (χ1n) is 6.05. The van der Waals surface area contributed by atoms with E-state index < -0.39 is 11.4 Å². The standard InChI is InChI=1S/C15H15ClN2OS/c16-12-8-4-5-9-13(12)20-10-15(18,14(17)19)11-6-2-1-3-7-11/h1-9H,10,18H2,(H2,17,19). The quantitative estimate of drug-likeness (QED) is 0.835. The van der Waals surface area contributed by atoms with Crippen LogP contribution < -0.4 is 11.5 Å². The first kappa shape index (κ1) is 14.9. The van der Waals surface area contributed by atoms with Gasteiger partial charge in [0, 0.05) is 10.6 Å². The molecule has 1 amide bonds. The Morgan fingerprint density at radius 2 is 1.70 bits per heavy atom. The minimum absolute atomic E-state index is 0.329. The fourth-order valence-corrected chi connectivity index (χ4v) is 3.16. The maximum atomic E-state index is 11.8. The number of rotatable bonds is 5. The van der Waals surface area contributed by atoms with Gasteiger partial charge >= 0.3 is 0 Å². The van der Waals surface area contributed by atoms with E-state index in [0.29, 0.717) is 16.3 Å². The summed E-state index contributed by atoms with van der Waals surface area (Å²) in [5.41, 5.74) is 11.2. The van der Waals surface area contributed by atoms with E-state index in [4.69, 9.17) is 23.1 Å². The molecular formula is C15H15ClN2OS. The lowest BCUT2D eigenvalue weighted by molar-refractivity contribution is -0.122. The van der Waals surface area contributed by atoms with Crippen molar-refractivity contribution in [2.45, 2.75) is 10.4 Å². The van der Waals surface area contributed by atoms with Crippen molar-refractivity contribution in [1.82, 2.24) is 0 Å². The van der Waals surface area contributed by atoms with Crippen molar-refractivity contribution in [2.24, 2.45) is 11.5 Å². The number of hydrogen-bond acceptors (Lipinski definition) is 3. The zero-order valence-corrected chi connectivity index (χ0v) is 12.3. The summed E-state index contributed by atoms with van der Waals surface area (Å²) in [5.74, 6) is -0.223. The Bertz CT molecular complexity index is 606. The van der Waals surface area contributed by atoms with Crippen LogP contribution in [0.15, 0.2) is 59.5 Å². The molecule has 2 aromatic rings. The molecule has 2 rings (SSSR count). The third-order valence-electron chi connectivity index (χ3n) is 3.02. The fourth-order valence-electron chi connectivity index (χ4n) is 1.79. The molecule has 1 unspecified atom stereocenters. The lowest BCUT2D eigenvalue weighted by Gasteiger charge is -2.26. The summed E-state index contributed by atoms with van der Waals surface area (Å²) in [7, 11) is 0. The molecular weight excluding hydrogens is 292 g/mol. The van der Waals surface area contributed by atoms with Crippen LogP contribution in [0.2, 0.25) is 5.02 Å². The van der Waals surface area contributed by atoms with Gasteiger partial charge in [-0.25, -0.2) is 0 Å². The predicted octanol–water partition coefficient (Wildman–Crippen LogP) is 2.77. The minimum Gasteiger partial charge on any atom is -0.368 e. The van der Waals surface area contributed by atoms with Crippen LogP contribution in [0.5, 0.6) is 0 Å². The Hall–Kier alpha value is -1.49. The van der Waals surface area contributed by atoms with Gasteiger partial charge in [0.15, 0.2) is 0 Å². The third-order valence-corrected chi connectivity index (χ3v) is 4.73. The van der Waals surface area contributed by atoms with Crippen LogP contribution >= 0.6 is 23.4 Å². The summed E-state index contributed by atoms with van der Waals surface area (Å²) in [4.78, 5) is 12.7. The SMILES string of the molecule is NC(=O)C(N)(CSc1ccccc1Cl)c1ccccc1. The Morgan fingerprint density at radius 1 is 1.10 bits per heavy atom. The second-order valence-corrected chi connectivity index (χ2v) is 5.85. The predicted molar refractivity (Wildman–Crippen MR) is 83.7 cm³/mol. The highest BCUT2D eigenvalue weighted by Gasteiger charge is 2.34. The van der Waals surface area contributed by atoms with Gasteiger partial charge in [-0.2, -0.15) is 0 Å². The average Bonchev–Trinajstić information content (AvgIpc) is 2.47. The van der Waals surface area contributed by atoms with E-state index in [1.54, 1.807) is 18.2 Å². The van der Waals surface area contributed by atoms with Gasteiger partial charge in [0.05, 0.1) is 5.02 Å². The molecule has 0 radical (unpaired) electrons. The van der Waals surface area contributed by atoms with Crippen LogP contribution in [0.4, 0.5) is 0 Å². The van der Waals surface area contributed by atoms with Crippen molar-refractivity contribution >= 4 is 29.3 Å². The summed E-state index contributed by atoms with van der Waals surface area (Å²) < 4.78 is 0. The third kappa shape index (κ3) is 3.15. The molecule has 0 aliphatic carbocycles. The number of benzene rings is 2. The Balaban J connectivity index is 2.23. The van der Waals surface area contributed by atoms with Gasteiger partial charge in [-0.1, -0.05) is 54.1 Å². The Labute approximate surface area is 127 Å². The molecule has 1 atom stereocenters. The van der Waals surface area contributed by atoms with Crippen molar-refractivity contribution in [3.63, 3.8) is 0 Å². The first-order chi connectivity index (χ1) is 9.54. The number of carbonyl (C=O) groups is 1. The molecule has 0 saturated carbocycles. The average molecular weight is 307 g/mol. The van der Waals surface area contributed by atoms with Crippen LogP contribution in [-0.2, 0) is 10.3 Å². The number of nitrogens with two attached hydrogens (primary N) is 2. The molecule has 20 heavy (non-hydrogen) atoms. The number of carbonyl (C=O) groups excluding carboxylic acids is 1. The van der Waals surface area contributed by atoms with Gasteiger partial charge in [0.1, 0.15) is 5.54 Å². The largest absolute Gasteiger partial charge is 0.368 e. The minimum atomic E-state index is -1.22. The van der Waals surface area contributed by atoms with Crippen molar-refractivity contribution in [3.8, 4) is 0 Å². The number of primary amides is 1. The second kappa shape index (κ2) is 6.31. The van der Waals surface area contributed by atoms with Crippen LogP contribution in [0.1, 0.15) is 5.56 Å². The molecule has 0 aromatic heterocycles. The van der Waals surface area contributed by atoms with Gasteiger partial charge in [-0.15, -0.1) is 11.8 Å². The van der Waals surface area contributed by atoms with E-state index in [-0.39, 0.29) is 0 Å². The topological polar surface area (TPSA) is 69.1 Å². The second-order valence-electron chi connectivity index (χ2n) is 4.42. The molecule has 0 bridgehead atoms. The lowest BCUT2D eigenvalue weighted by atomic mass is 9.92. The number of thioether (sulfide) groups is 1.